The number of piperazine rings is 1. The average Bonchev–Trinajstić information content (AvgIpc) is 3.67. The molecule has 5 rings (SSSR count). The van der Waals surface area contributed by atoms with E-state index in [9.17, 15) is 9.18 Å². The molecule has 0 bridgehead atoms. The Bertz CT molecular complexity index is 1290. The van der Waals surface area contributed by atoms with E-state index < -0.39 is 0 Å². The van der Waals surface area contributed by atoms with Gasteiger partial charge in [-0.05, 0) is 62.7 Å². The maximum atomic E-state index is 14.2. The van der Waals surface area contributed by atoms with Crippen LogP contribution in [0, 0.1) is 12.7 Å². The van der Waals surface area contributed by atoms with Gasteiger partial charge in [0.05, 0.1) is 28.0 Å². The molecular formula is C27H31Cl2FN6O. The molecule has 196 valence electrons. The molecule has 1 aliphatic heterocycles. The minimum Gasteiger partial charge on any atom is -0.354 e. The molecule has 7 nitrogen and oxygen atoms in total. The molecule has 1 aromatic heterocycles. The number of amides is 2. The highest BCUT2D eigenvalue weighted by molar-refractivity contribution is 6.42. The van der Waals surface area contributed by atoms with Gasteiger partial charge in [0.1, 0.15) is 11.6 Å². The van der Waals surface area contributed by atoms with Crippen LogP contribution >= 0.6 is 23.2 Å². The van der Waals surface area contributed by atoms with E-state index in [2.05, 4.69) is 22.0 Å². The van der Waals surface area contributed by atoms with Crippen LogP contribution in [-0.2, 0) is 6.54 Å². The molecule has 37 heavy (non-hydrogen) atoms. The fourth-order valence-corrected chi connectivity index (χ4v) is 5.11. The highest BCUT2D eigenvalue weighted by atomic mass is 35.5. The molecular weight excluding hydrogens is 514 g/mol. The predicted molar refractivity (Wildman–Crippen MR) is 147 cm³/mol. The number of nitrogens with one attached hydrogen (secondary N) is 1. The molecule has 2 fully saturated rings. The highest BCUT2D eigenvalue weighted by Gasteiger charge is 2.35. The summed E-state index contributed by atoms with van der Waals surface area (Å²) in [6.45, 7) is 9.08. The standard InChI is InChI=1S/C27H31Cl2FN6O/c1-3-33-11-13-34(14-12-33)26-23(18(2)32-36(26)22-6-4-5-19(30)15-22)17-35(21-8-9-21)27(37)31-20-7-10-24(28)25(29)16-20/h4-7,10,15-16,21H,3,8-9,11-14,17H2,1-2H3,(H,31,37). The van der Waals surface area contributed by atoms with Crippen molar-refractivity contribution in [2.24, 2.45) is 0 Å². The topological polar surface area (TPSA) is 56.6 Å². The van der Waals surface area contributed by atoms with Crippen LogP contribution < -0.4 is 10.2 Å². The number of hydrogen-bond acceptors (Lipinski definition) is 4. The first-order chi connectivity index (χ1) is 17.8. The number of carbonyl (C=O) groups excluding carboxylic acids is 1. The SMILES string of the molecule is CCN1CCN(c2c(CN(C(=O)Nc3ccc(Cl)c(Cl)c3)C3CC3)c(C)nn2-c2cccc(F)c2)CC1. The van der Waals surface area contributed by atoms with Crippen molar-refractivity contribution in [1.82, 2.24) is 19.6 Å². The van der Waals surface area contributed by atoms with E-state index >= 15 is 0 Å². The second kappa shape index (κ2) is 10.9. The zero-order valence-corrected chi connectivity index (χ0v) is 22.6. The summed E-state index contributed by atoms with van der Waals surface area (Å²) in [6.07, 6.45) is 1.91. The summed E-state index contributed by atoms with van der Waals surface area (Å²) < 4.78 is 16.0. The molecule has 2 amide bonds. The van der Waals surface area contributed by atoms with Gasteiger partial charge in [0.2, 0.25) is 0 Å². The molecule has 0 spiro atoms. The Morgan fingerprint density at radius 2 is 1.86 bits per heavy atom. The Balaban J connectivity index is 1.48. The maximum Gasteiger partial charge on any atom is 0.322 e. The van der Waals surface area contributed by atoms with Crippen LogP contribution in [-0.4, -0.2) is 64.4 Å². The quantitative estimate of drug-likeness (QED) is 0.398. The first kappa shape index (κ1) is 25.8. The molecule has 1 saturated carbocycles. The van der Waals surface area contributed by atoms with E-state index in [1.54, 1.807) is 24.3 Å². The molecule has 1 aliphatic carbocycles. The number of aryl methyl sites for hydroxylation is 1. The number of benzene rings is 2. The molecule has 1 saturated heterocycles. The number of anilines is 2. The summed E-state index contributed by atoms with van der Waals surface area (Å²) >= 11 is 12.2. The monoisotopic (exact) mass is 544 g/mol. The Morgan fingerprint density at radius 3 is 2.51 bits per heavy atom. The van der Waals surface area contributed by atoms with Crippen molar-refractivity contribution in [1.29, 1.82) is 0 Å². The van der Waals surface area contributed by atoms with Crippen molar-refractivity contribution < 1.29 is 9.18 Å². The van der Waals surface area contributed by atoms with Gasteiger partial charge < -0.3 is 20.0 Å². The lowest BCUT2D eigenvalue weighted by atomic mass is 10.2. The predicted octanol–water partition coefficient (Wildman–Crippen LogP) is 5.97. The summed E-state index contributed by atoms with van der Waals surface area (Å²) in [5.41, 5.74) is 3.06. The van der Waals surface area contributed by atoms with E-state index in [0.717, 1.165) is 62.6 Å². The van der Waals surface area contributed by atoms with E-state index in [4.69, 9.17) is 28.3 Å². The maximum absolute atomic E-state index is 14.2. The zero-order valence-electron chi connectivity index (χ0n) is 21.1. The molecule has 2 heterocycles. The Kier molecular flexibility index (Phi) is 7.60. The number of carbonyl (C=O) groups is 1. The number of rotatable bonds is 7. The van der Waals surface area contributed by atoms with Crippen LogP contribution in [0.1, 0.15) is 31.0 Å². The number of urea groups is 1. The van der Waals surface area contributed by atoms with Crippen molar-refractivity contribution in [3.63, 3.8) is 0 Å². The zero-order chi connectivity index (χ0) is 26.1. The summed E-state index contributed by atoms with van der Waals surface area (Å²) in [6, 6.07) is 11.5. The first-order valence-electron chi connectivity index (χ1n) is 12.7. The molecule has 0 radical (unpaired) electrons. The summed E-state index contributed by atoms with van der Waals surface area (Å²) in [5, 5.41) is 8.64. The fraction of sp³-hybridized carbons (Fsp3) is 0.407. The van der Waals surface area contributed by atoms with Gasteiger partial charge in [-0.2, -0.15) is 5.10 Å². The van der Waals surface area contributed by atoms with Crippen LogP contribution in [0.25, 0.3) is 5.69 Å². The lowest BCUT2D eigenvalue weighted by Gasteiger charge is -2.36. The van der Waals surface area contributed by atoms with Crippen molar-refractivity contribution in [3.8, 4) is 5.69 Å². The van der Waals surface area contributed by atoms with Gasteiger partial charge in [-0.15, -0.1) is 0 Å². The molecule has 2 aliphatic rings. The van der Waals surface area contributed by atoms with Crippen LogP contribution in [0.4, 0.5) is 20.7 Å². The second-order valence-electron chi connectivity index (χ2n) is 9.62. The largest absolute Gasteiger partial charge is 0.354 e. The van der Waals surface area contributed by atoms with Gasteiger partial charge in [-0.3, -0.25) is 0 Å². The highest BCUT2D eigenvalue weighted by Crippen LogP contribution is 2.35. The number of halogens is 3. The van der Waals surface area contributed by atoms with E-state index in [0.29, 0.717) is 28.0 Å². The summed E-state index contributed by atoms with van der Waals surface area (Å²) in [4.78, 5) is 20.0. The molecule has 0 atom stereocenters. The van der Waals surface area contributed by atoms with Crippen LogP contribution in [0.3, 0.4) is 0 Å². The number of likely N-dealkylation sites (N-methyl/N-ethyl adjacent to an activating group) is 1. The van der Waals surface area contributed by atoms with Crippen LogP contribution in [0.5, 0.6) is 0 Å². The van der Waals surface area contributed by atoms with E-state index in [-0.39, 0.29) is 17.9 Å². The lowest BCUT2D eigenvalue weighted by Crippen LogP contribution is -2.47. The number of nitrogens with zero attached hydrogens (tertiary/aromatic N) is 5. The fourth-order valence-electron chi connectivity index (χ4n) is 4.81. The minimum absolute atomic E-state index is 0.157. The summed E-state index contributed by atoms with van der Waals surface area (Å²) in [7, 11) is 0. The average molecular weight is 545 g/mol. The smallest absolute Gasteiger partial charge is 0.322 e. The minimum atomic E-state index is -0.311. The summed E-state index contributed by atoms with van der Waals surface area (Å²) in [5.74, 6) is 0.612. The van der Waals surface area contributed by atoms with Crippen molar-refractivity contribution in [2.75, 3.05) is 42.9 Å². The third-order valence-electron chi connectivity index (χ3n) is 7.08. The van der Waals surface area contributed by atoms with Crippen molar-refractivity contribution >= 4 is 40.7 Å². The second-order valence-corrected chi connectivity index (χ2v) is 10.4. The van der Waals surface area contributed by atoms with Gasteiger partial charge in [-0.1, -0.05) is 36.2 Å². The van der Waals surface area contributed by atoms with Crippen molar-refractivity contribution in [3.05, 3.63) is 69.6 Å². The normalized spacial score (nSPS) is 16.2. The van der Waals surface area contributed by atoms with Crippen LogP contribution in [0.15, 0.2) is 42.5 Å². The number of hydrogen-bond donors (Lipinski definition) is 1. The lowest BCUT2D eigenvalue weighted by molar-refractivity contribution is 0.206. The first-order valence-corrected chi connectivity index (χ1v) is 13.4. The third-order valence-corrected chi connectivity index (χ3v) is 7.82. The number of aromatic nitrogens is 2. The third kappa shape index (κ3) is 5.71. The van der Waals surface area contributed by atoms with Gasteiger partial charge in [0, 0.05) is 43.5 Å². The van der Waals surface area contributed by atoms with E-state index in [1.165, 1.54) is 12.1 Å². The Morgan fingerprint density at radius 1 is 1.11 bits per heavy atom. The molecule has 1 N–H and O–H groups in total. The van der Waals surface area contributed by atoms with Gasteiger partial charge >= 0.3 is 6.03 Å². The molecule has 0 unspecified atom stereocenters. The molecule has 3 aromatic rings. The Labute approximate surface area is 226 Å². The van der Waals surface area contributed by atoms with Gasteiger partial charge in [-0.25, -0.2) is 13.9 Å². The van der Waals surface area contributed by atoms with Crippen molar-refractivity contribution in [2.45, 2.75) is 39.3 Å². The van der Waals surface area contributed by atoms with Gasteiger partial charge in [0.15, 0.2) is 0 Å². The van der Waals surface area contributed by atoms with Crippen LogP contribution in [0.2, 0.25) is 10.0 Å². The Hall–Kier alpha value is -2.81. The molecule has 10 heteroatoms. The van der Waals surface area contributed by atoms with Gasteiger partial charge in [0.25, 0.3) is 0 Å². The molecule has 2 aromatic carbocycles. The van der Waals surface area contributed by atoms with E-state index in [1.807, 2.05) is 22.6 Å².